The zero-order valence-electron chi connectivity index (χ0n) is 33.5. The predicted molar refractivity (Wildman–Crippen MR) is 257 cm³/mol. The van der Waals surface area contributed by atoms with E-state index in [0.29, 0.717) is 0 Å². The van der Waals surface area contributed by atoms with E-state index in [1.165, 1.54) is 22.9 Å². The molecule has 10 aromatic carbocycles. The molecular formula is C58H37FN2O. The van der Waals surface area contributed by atoms with Crippen molar-refractivity contribution in [2.75, 3.05) is 4.90 Å². The lowest BCUT2D eigenvalue weighted by atomic mass is 9.90. The molecule has 0 unspecified atom stereocenters. The number of halogens is 1. The van der Waals surface area contributed by atoms with E-state index >= 15 is 0 Å². The van der Waals surface area contributed by atoms with Crippen molar-refractivity contribution in [1.82, 2.24) is 4.57 Å². The van der Waals surface area contributed by atoms with E-state index in [1.54, 1.807) is 0 Å². The van der Waals surface area contributed by atoms with Gasteiger partial charge in [0.2, 0.25) is 0 Å². The molecule has 292 valence electrons. The van der Waals surface area contributed by atoms with Gasteiger partial charge in [0.15, 0.2) is 0 Å². The molecule has 0 saturated carbocycles. The Bertz CT molecular complexity index is 3660. The molecule has 0 aliphatic carbocycles. The first kappa shape index (κ1) is 35.7. The van der Waals surface area contributed by atoms with Gasteiger partial charge in [-0.25, -0.2) is 4.39 Å². The van der Waals surface area contributed by atoms with Gasteiger partial charge in [-0.1, -0.05) is 121 Å². The topological polar surface area (TPSA) is 21.3 Å². The number of nitrogens with zero attached hydrogens (tertiary/aromatic N) is 2. The normalized spacial score (nSPS) is 11.6. The van der Waals surface area contributed by atoms with Crippen molar-refractivity contribution in [1.29, 1.82) is 0 Å². The fourth-order valence-corrected chi connectivity index (χ4v) is 9.28. The summed E-state index contributed by atoms with van der Waals surface area (Å²) in [6.07, 6.45) is 0. The van der Waals surface area contributed by atoms with Crippen LogP contribution in [0.5, 0.6) is 0 Å². The number of hydrogen-bond acceptors (Lipinski definition) is 2. The fourth-order valence-electron chi connectivity index (χ4n) is 9.28. The molecule has 0 aliphatic rings. The summed E-state index contributed by atoms with van der Waals surface area (Å²) in [5.41, 5.74) is 14.8. The zero-order valence-corrected chi connectivity index (χ0v) is 33.5. The van der Waals surface area contributed by atoms with E-state index in [4.69, 9.17) is 4.42 Å². The molecule has 0 radical (unpaired) electrons. The van der Waals surface area contributed by atoms with E-state index < -0.39 is 0 Å². The zero-order chi connectivity index (χ0) is 41.1. The maximum absolute atomic E-state index is 14.0. The van der Waals surface area contributed by atoms with E-state index in [-0.39, 0.29) is 5.82 Å². The van der Waals surface area contributed by atoms with Gasteiger partial charge in [-0.05, 0) is 147 Å². The summed E-state index contributed by atoms with van der Waals surface area (Å²) >= 11 is 0. The number of hydrogen-bond donors (Lipinski definition) is 0. The molecule has 0 bridgehead atoms. The van der Waals surface area contributed by atoms with Gasteiger partial charge < -0.3 is 13.9 Å². The van der Waals surface area contributed by atoms with Crippen LogP contribution in [0.3, 0.4) is 0 Å². The minimum Gasteiger partial charge on any atom is -0.456 e. The maximum atomic E-state index is 14.0. The number of rotatable bonds is 7. The first-order chi connectivity index (χ1) is 30.6. The van der Waals surface area contributed by atoms with Gasteiger partial charge in [-0.3, -0.25) is 0 Å². The monoisotopic (exact) mass is 796 g/mol. The second-order valence-electron chi connectivity index (χ2n) is 15.9. The van der Waals surface area contributed by atoms with Crippen molar-refractivity contribution >= 4 is 71.6 Å². The van der Waals surface area contributed by atoms with Crippen LogP contribution in [0.1, 0.15) is 0 Å². The van der Waals surface area contributed by atoms with Crippen molar-refractivity contribution < 1.29 is 8.81 Å². The molecule has 12 aromatic rings. The minimum absolute atomic E-state index is 0.249. The van der Waals surface area contributed by atoms with E-state index in [0.717, 1.165) is 99.9 Å². The van der Waals surface area contributed by atoms with Crippen molar-refractivity contribution in [3.05, 3.63) is 230 Å². The average Bonchev–Trinajstić information content (AvgIpc) is 3.87. The number of furan rings is 1. The van der Waals surface area contributed by atoms with Crippen LogP contribution in [0.25, 0.3) is 93.6 Å². The maximum Gasteiger partial charge on any atom is 0.135 e. The number of fused-ring (bicyclic) bond motifs is 7. The molecule has 0 aliphatic heterocycles. The SMILES string of the molecule is Fc1ccc(-n2c3ccccc3c3cc(-c4ccc(-c5cccc(N(c6ccccc6)c6ccc7ccccc7c6)c5)c(-c5ccc6oc7ccccc7c6c5)c4)ccc32)cc1. The summed E-state index contributed by atoms with van der Waals surface area (Å²) in [5, 5.41) is 6.88. The van der Waals surface area contributed by atoms with E-state index in [9.17, 15) is 4.39 Å². The standard InChI is InChI=1S/C58H37FN2O/c59-44-25-28-46(29-26-44)61-55-19-8-6-17-50(55)53-36-41(23-31-56(53)61)40-22-30-49(52(35-40)43-24-32-58-54(37-43)51-18-7-9-20-57(51)62-58)42-13-10-16-47(34-42)60(45-14-2-1-3-15-45)48-27-21-38-11-4-5-12-39(38)33-48/h1-37H. The Balaban J connectivity index is 1.04. The minimum atomic E-state index is -0.249. The van der Waals surface area contributed by atoms with Crippen molar-refractivity contribution in [2.45, 2.75) is 0 Å². The molecule has 2 heterocycles. The molecule has 4 heteroatoms. The highest BCUT2D eigenvalue weighted by Crippen LogP contribution is 2.43. The van der Waals surface area contributed by atoms with Gasteiger partial charge in [0.25, 0.3) is 0 Å². The Morgan fingerprint density at radius 2 is 1.00 bits per heavy atom. The molecule has 0 atom stereocenters. The molecule has 2 aromatic heterocycles. The Morgan fingerprint density at radius 3 is 1.89 bits per heavy atom. The smallest absolute Gasteiger partial charge is 0.135 e. The lowest BCUT2D eigenvalue weighted by Crippen LogP contribution is -2.09. The Labute approximate surface area is 357 Å². The first-order valence-electron chi connectivity index (χ1n) is 20.9. The molecule has 0 spiro atoms. The average molecular weight is 797 g/mol. The lowest BCUT2D eigenvalue weighted by Gasteiger charge is -2.26. The van der Waals surface area contributed by atoms with Gasteiger partial charge in [0, 0.05) is 44.3 Å². The van der Waals surface area contributed by atoms with Gasteiger partial charge in [0.1, 0.15) is 17.0 Å². The molecule has 62 heavy (non-hydrogen) atoms. The van der Waals surface area contributed by atoms with Gasteiger partial charge in [-0.2, -0.15) is 0 Å². The molecular weight excluding hydrogens is 760 g/mol. The third kappa shape index (κ3) is 6.03. The highest BCUT2D eigenvalue weighted by atomic mass is 19.1. The van der Waals surface area contributed by atoms with E-state index in [1.807, 2.05) is 24.3 Å². The highest BCUT2D eigenvalue weighted by Gasteiger charge is 2.19. The second-order valence-corrected chi connectivity index (χ2v) is 15.9. The number of benzene rings is 10. The number of aromatic nitrogens is 1. The summed E-state index contributed by atoms with van der Waals surface area (Å²) in [5.74, 6) is -0.249. The van der Waals surface area contributed by atoms with Crippen LogP contribution in [-0.2, 0) is 0 Å². The number of para-hydroxylation sites is 3. The van der Waals surface area contributed by atoms with Gasteiger partial charge >= 0.3 is 0 Å². The fraction of sp³-hybridized carbons (Fsp3) is 0. The molecule has 12 rings (SSSR count). The third-order valence-corrected chi connectivity index (χ3v) is 12.2. The van der Waals surface area contributed by atoms with Crippen LogP contribution in [0, 0.1) is 5.82 Å². The third-order valence-electron chi connectivity index (χ3n) is 12.2. The lowest BCUT2D eigenvalue weighted by molar-refractivity contribution is 0.627. The largest absolute Gasteiger partial charge is 0.456 e. The predicted octanol–water partition coefficient (Wildman–Crippen LogP) is 16.4. The quantitative estimate of drug-likeness (QED) is 0.160. The Morgan fingerprint density at radius 1 is 0.355 bits per heavy atom. The van der Waals surface area contributed by atoms with E-state index in [2.05, 4.69) is 198 Å². The van der Waals surface area contributed by atoms with Crippen molar-refractivity contribution in [3.63, 3.8) is 0 Å². The second kappa shape index (κ2) is 14.5. The van der Waals surface area contributed by atoms with Crippen LogP contribution < -0.4 is 4.90 Å². The van der Waals surface area contributed by atoms with Crippen molar-refractivity contribution in [2.24, 2.45) is 0 Å². The van der Waals surface area contributed by atoms with Gasteiger partial charge in [-0.15, -0.1) is 0 Å². The summed E-state index contributed by atoms with van der Waals surface area (Å²) < 4.78 is 22.6. The Hall–Kier alpha value is -8.21. The molecule has 0 fully saturated rings. The summed E-state index contributed by atoms with van der Waals surface area (Å²) in [7, 11) is 0. The summed E-state index contributed by atoms with van der Waals surface area (Å²) in [6, 6.07) is 78.2. The molecule has 3 nitrogen and oxygen atoms in total. The van der Waals surface area contributed by atoms with Crippen LogP contribution in [-0.4, -0.2) is 4.57 Å². The molecule has 0 amide bonds. The van der Waals surface area contributed by atoms with Crippen LogP contribution in [0.15, 0.2) is 229 Å². The van der Waals surface area contributed by atoms with Gasteiger partial charge in [0.05, 0.1) is 11.0 Å². The summed E-state index contributed by atoms with van der Waals surface area (Å²) in [4.78, 5) is 2.34. The molecule has 0 saturated heterocycles. The Kier molecular flexibility index (Phi) is 8.36. The van der Waals surface area contributed by atoms with Crippen LogP contribution in [0.2, 0.25) is 0 Å². The van der Waals surface area contributed by atoms with Crippen molar-refractivity contribution in [3.8, 4) is 39.1 Å². The van der Waals surface area contributed by atoms with Crippen LogP contribution >= 0.6 is 0 Å². The van der Waals surface area contributed by atoms with Crippen LogP contribution in [0.4, 0.5) is 21.5 Å². The number of anilines is 3. The summed E-state index contributed by atoms with van der Waals surface area (Å²) in [6.45, 7) is 0. The highest BCUT2D eigenvalue weighted by molar-refractivity contribution is 6.11. The molecule has 0 N–H and O–H groups in total. The first-order valence-corrected chi connectivity index (χ1v) is 20.9.